The Bertz CT molecular complexity index is 826. The summed E-state index contributed by atoms with van der Waals surface area (Å²) in [7, 11) is 1.81. The third-order valence-electron chi connectivity index (χ3n) is 3.52. The lowest BCUT2D eigenvalue weighted by molar-refractivity contribution is -0.991. The van der Waals surface area contributed by atoms with Crippen molar-refractivity contribution in [1.29, 1.82) is 0 Å². The Labute approximate surface area is 133 Å². The van der Waals surface area contributed by atoms with Gasteiger partial charge >= 0.3 is 0 Å². The first-order valence-electron chi connectivity index (χ1n) is 7.10. The predicted molar refractivity (Wildman–Crippen MR) is 90.0 cm³/mol. The smallest absolute Gasteiger partial charge is 0.163 e. The first-order valence-corrected chi connectivity index (χ1v) is 7.10. The molecule has 0 spiro atoms. The molecule has 2 aromatic carbocycles. The number of para-hydroxylation sites is 1. The van der Waals surface area contributed by atoms with Gasteiger partial charge in [0.25, 0.3) is 0 Å². The minimum absolute atomic E-state index is 0.254. The summed E-state index contributed by atoms with van der Waals surface area (Å²) in [6.45, 7) is 0. The van der Waals surface area contributed by atoms with Crippen molar-refractivity contribution in [1.82, 2.24) is 4.98 Å². The Hall–Kier alpha value is -2.80. The molecule has 0 amide bonds. The van der Waals surface area contributed by atoms with E-state index in [-0.39, 0.29) is 5.69 Å². The second-order valence-electron chi connectivity index (χ2n) is 5.04. The van der Waals surface area contributed by atoms with Crippen LogP contribution in [0.4, 0.5) is 11.4 Å². The Kier molecular flexibility index (Phi) is 4.29. The molecule has 0 aliphatic heterocycles. The Balaban J connectivity index is 1.83. The largest absolute Gasteiger partial charge is 0.595 e. The van der Waals surface area contributed by atoms with E-state index in [1.54, 1.807) is 41.7 Å². The van der Waals surface area contributed by atoms with Crippen molar-refractivity contribution in [2.45, 2.75) is 0 Å². The Morgan fingerprint density at radius 3 is 2.61 bits per heavy atom. The van der Waals surface area contributed by atoms with E-state index in [0.717, 1.165) is 22.2 Å². The normalized spacial score (nSPS) is 12.7. The van der Waals surface area contributed by atoms with Crippen LogP contribution in [0.3, 0.4) is 0 Å². The molecule has 23 heavy (non-hydrogen) atoms. The van der Waals surface area contributed by atoms with Crippen LogP contribution in [0.5, 0.6) is 0 Å². The average Bonchev–Trinajstić information content (AvgIpc) is 2.59. The van der Waals surface area contributed by atoms with Gasteiger partial charge in [-0.05, 0) is 18.2 Å². The number of nitrogens with one attached hydrogen (secondary N) is 1. The molecule has 116 valence electrons. The molecule has 0 saturated heterocycles. The van der Waals surface area contributed by atoms with Gasteiger partial charge in [0, 0.05) is 36.3 Å². The molecule has 1 atom stereocenters. The first-order chi connectivity index (χ1) is 11.1. The molecule has 0 aliphatic carbocycles. The molecule has 1 aromatic heterocycles. The van der Waals surface area contributed by atoms with Crippen molar-refractivity contribution in [3.63, 3.8) is 0 Å². The molecule has 6 heteroatoms. The second-order valence-corrected chi connectivity index (χ2v) is 5.04. The van der Waals surface area contributed by atoms with Crippen LogP contribution in [0, 0.1) is 5.21 Å². The third kappa shape index (κ3) is 3.35. The number of hydrogen-bond acceptors (Lipinski definition) is 5. The molecular weight excluding hydrogens is 292 g/mol. The maximum Gasteiger partial charge on any atom is 0.163 e. The highest BCUT2D eigenvalue weighted by molar-refractivity contribution is 5.97. The summed E-state index contributed by atoms with van der Waals surface area (Å²) in [6.07, 6.45) is 3.51. The predicted octanol–water partition coefficient (Wildman–Crippen LogP) is 2.11. The van der Waals surface area contributed by atoms with Crippen molar-refractivity contribution >= 4 is 28.5 Å². The SMILES string of the molecule is CN(/N=C/c1cccc2cccnc12)c1ccc([NH+]([O-])O)cc1. The van der Waals surface area contributed by atoms with Gasteiger partial charge in [-0.2, -0.15) is 10.3 Å². The molecule has 0 saturated carbocycles. The minimum atomic E-state index is -0.940. The van der Waals surface area contributed by atoms with Gasteiger partial charge < -0.3 is 5.21 Å². The van der Waals surface area contributed by atoms with Gasteiger partial charge in [-0.3, -0.25) is 9.99 Å². The fourth-order valence-corrected chi connectivity index (χ4v) is 2.27. The highest BCUT2D eigenvalue weighted by atomic mass is 16.8. The van der Waals surface area contributed by atoms with Crippen LogP contribution in [0.15, 0.2) is 65.9 Å². The van der Waals surface area contributed by atoms with E-state index >= 15 is 0 Å². The summed E-state index contributed by atoms with van der Waals surface area (Å²) in [4.78, 5) is 4.39. The first kappa shape index (κ1) is 15.1. The number of hydrazone groups is 1. The zero-order valence-electron chi connectivity index (χ0n) is 12.5. The quantitative estimate of drug-likeness (QED) is 0.572. The van der Waals surface area contributed by atoms with Crippen molar-refractivity contribution < 1.29 is 10.4 Å². The van der Waals surface area contributed by atoms with Gasteiger partial charge in [0.05, 0.1) is 17.4 Å². The number of hydrogen-bond donors (Lipinski definition) is 2. The molecule has 1 unspecified atom stereocenters. The molecule has 6 nitrogen and oxygen atoms in total. The highest BCUT2D eigenvalue weighted by Crippen LogP contribution is 2.17. The van der Waals surface area contributed by atoms with Gasteiger partial charge in [0.2, 0.25) is 0 Å². The third-order valence-corrected chi connectivity index (χ3v) is 3.52. The van der Waals surface area contributed by atoms with Gasteiger partial charge in [0.1, 0.15) is 0 Å². The topological polar surface area (TPSA) is 76.2 Å². The number of quaternary nitrogens is 1. The summed E-state index contributed by atoms with van der Waals surface area (Å²) in [6, 6.07) is 16.4. The summed E-state index contributed by atoms with van der Waals surface area (Å²) in [5.41, 5.74) is 2.88. The van der Waals surface area contributed by atoms with Crippen LogP contribution in [-0.2, 0) is 0 Å². The molecule has 0 bridgehead atoms. The van der Waals surface area contributed by atoms with Crippen molar-refractivity contribution in [2.75, 3.05) is 12.1 Å². The maximum atomic E-state index is 10.9. The number of aromatic nitrogens is 1. The lowest BCUT2D eigenvalue weighted by Crippen LogP contribution is -2.99. The Morgan fingerprint density at radius 2 is 1.87 bits per heavy atom. The fraction of sp³-hybridized carbons (Fsp3) is 0.0588. The van der Waals surface area contributed by atoms with Crippen molar-refractivity contribution in [3.05, 3.63) is 71.6 Å². The second kappa shape index (κ2) is 6.53. The van der Waals surface area contributed by atoms with Gasteiger partial charge in [-0.15, -0.1) is 0 Å². The average molecular weight is 308 g/mol. The molecule has 3 rings (SSSR count). The van der Waals surface area contributed by atoms with Gasteiger partial charge in [-0.25, -0.2) is 5.21 Å². The van der Waals surface area contributed by atoms with E-state index < -0.39 is 5.23 Å². The van der Waals surface area contributed by atoms with Crippen LogP contribution in [0.25, 0.3) is 10.9 Å². The van der Waals surface area contributed by atoms with Gasteiger partial charge in [-0.1, -0.05) is 24.3 Å². The van der Waals surface area contributed by atoms with E-state index in [2.05, 4.69) is 10.1 Å². The van der Waals surface area contributed by atoms with Crippen molar-refractivity contribution in [2.24, 2.45) is 5.10 Å². The number of fused-ring (bicyclic) bond motifs is 1. The molecule has 0 fully saturated rings. The minimum Gasteiger partial charge on any atom is -0.595 e. The fourth-order valence-electron chi connectivity index (χ4n) is 2.27. The zero-order chi connectivity index (χ0) is 16.2. The number of rotatable bonds is 4. The summed E-state index contributed by atoms with van der Waals surface area (Å²) >= 11 is 0. The van der Waals surface area contributed by atoms with E-state index in [0.29, 0.717) is 0 Å². The lowest BCUT2D eigenvalue weighted by atomic mass is 10.1. The summed E-state index contributed by atoms with van der Waals surface area (Å²) in [5, 5.41) is 26.0. The number of pyridine rings is 1. The van der Waals surface area contributed by atoms with Crippen LogP contribution in [-0.4, -0.2) is 23.5 Å². The standard InChI is InChI=1S/C17H16N4O2/c1-20(15-7-9-16(10-8-15)21(22)23)19-12-14-5-2-4-13-6-3-11-18-17(13)14/h2-12,21-22H,1H3/b19-12+. The lowest BCUT2D eigenvalue weighted by Gasteiger charge is -2.15. The Morgan fingerprint density at radius 1 is 1.13 bits per heavy atom. The molecule has 1 heterocycles. The van der Waals surface area contributed by atoms with E-state index in [1.807, 2.05) is 37.4 Å². The highest BCUT2D eigenvalue weighted by Gasteiger charge is 2.03. The number of nitrogens with zero attached hydrogens (tertiary/aromatic N) is 3. The van der Waals surface area contributed by atoms with Crippen LogP contribution in [0.2, 0.25) is 0 Å². The van der Waals surface area contributed by atoms with E-state index in [9.17, 15) is 5.21 Å². The molecule has 3 aromatic rings. The van der Waals surface area contributed by atoms with Crippen LogP contribution in [0.1, 0.15) is 5.56 Å². The number of benzene rings is 2. The maximum absolute atomic E-state index is 10.9. The van der Waals surface area contributed by atoms with Crippen LogP contribution >= 0.6 is 0 Å². The summed E-state index contributed by atoms with van der Waals surface area (Å²) in [5.74, 6) is 0. The van der Waals surface area contributed by atoms with E-state index in [4.69, 9.17) is 5.21 Å². The van der Waals surface area contributed by atoms with Crippen molar-refractivity contribution in [3.8, 4) is 0 Å². The zero-order valence-corrected chi connectivity index (χ0v) is 12.5. The molecular formula is C17H16N4O2. The monoisotopic (exact) mass is 308 g/mol. The number of anilines is 1. The molecule has 0 aliphatic rings. The van der Waals surface area contributed by atoms with Gasteiger partial charge in [0.15, 0.2) is 5.69 Å². The van der Waals surface area contributed by atoms with Crippen LogP contribution < -0.4 is 10.2 Å². The molecule has 2 N–H and O–H groups in total. The molecule has 0 radical (unpaired) electrons. The van der Waals surface area contributed by atoms with E-state index in [1.165, 1.54) is 0 Å². The summed E-state index contributed by atoms with van der Waals surface area (Å²) < 4.78 is 0.